The van der Waals surface area contributed by atoms with E-state index in [4.69, 9.17) is 13.9 Å². The topological polar surface area (TPSA) is 48.7 Å². The van der Waals surface area contributed by atoms with Crippen LogP contribution in [0.3, 0.4) is 0 Å². The largest absolute Gasteiger partial charge is 0.489 e. The van der Waals surface area contributed by atoms with Gasteiger partial charge in [-0.15, -0.1) is 0 Å². The average molecular weight is 208 g/mol. The Bertz CT molecular complexity index is 428. The smallest absolute Gasteiger partial charge is 0.329 e. The lowest BCUT2D eigenvalue weighted by atomic mass is 9.93. The van der Waals surface area contributed by atoms with Crippen molar-refractivity contribution < 1.29 is 18.7 Å². The van der Waals surface area contributed by atoms with Gasteiger partial charge in [-0.05, 0) is 12.0 Å². The lowest BCUT2D eigenvalue weighted by Gasteiger charge is -2.11. The van der Waals surface area contributed by atoms with Crippen molar-refractivity contribution in [1.82, 2.24) is 0 Å². The quantitative estimate of drug-likeness (QED) is 0.697. The van der Waals surface area contributed by atoms with Gasteiger partial charge in [0.1, 0.15) is 11.3 Å². The van der Waals surface area contributed by atoms with E-state index < -0.39 is 0 Å². The monoisotopic (exact) mass is 208 g/mol. The Morgan fingerprint density at radius 3 is 2.60 bits per heavy atom. The molecule has 0 aromatic carbocycles. The highest BCUT2D eigenvalue weighted by Gasteiger charge is 2.31. The Labute approximate surface area is 87.5 Å². The van der Waals surface area contributed by atoms with Crippen LogP contribution in [0.15, 0.2) is 16.6 Å². The van der Waals surface area contributed by atoms with Gasteiger partial charge in [-0.3, -0.25) is 4.79 Å². The first kappa shape index (κ1) is 9.83. The molecule has 1 aliphatic rings. The number of Topliss-reactive ketones (excluding diaryl/α,β-unsaturated/α-hetero) is 1. The van der Waals surface area contributed by atoms with Crippen LogP contribution >= 0.6 is 0 Å². The summed E-state index contributed by atoms with van der Waals surface area (Å²) in [5.74, 6) is 1.14. The summed E-state index contributed by atoms with van der Waals surface area (Å²) < 4.78 is 15.5. The molecule has 4 heteroatoms. The third-order valence-electron chi connectivity index (χ3n) is 2.50. The van der Waals surface area contributed by atoms with Crippen LogP contribution in [0.5, 0.6) is 11.7 Å². The van der Waals surface area contributed by atoms with Crippen molar-refractivity contribution in [3.8, 4) is 11.7 Å². The summed E-state index contributed by atoms with van der Waals surface area (Å²) in [5, 5.41) is 0. The van der Waals surface area contributed by atoms with Crippen LogP contribution in [0.25, 0.3) is 0 Å². The van der Waals surface area contributed by atoms with E-state index in [1.54, 1.807) is 0 Å². The van der Waals surface area contributed by atoms with E-state index in [0.717, 1.165) is 0 Å². The van der Waals surface area contributed by atoms with Gasteiger partial charge < -0.3 is 13.9 Å². The first-order chi connectivity index (χ1) is 7.19. The second-order valence-electron chi connectivity index (χ2n) is 3.36. The Morgan fingerprint density at radius 1 is 1.27 bits per heavy atom. The number of methoxy groups -OCH3 is 2. The van der Waals surface area contributed by atoms with Crippen molar-refractivity contribution in [2.45, 2.75) is 12.8 Å². The maximum atomic E-state index is 11.8. The van der Waals surface area contributed by atoms with Gasteiger partial charge in [0.25, 0.3) is 0 Å². The van der Waals surface area contributed by atoms with Crippen LogP contribution in [0.1, 0.15) is 22.5 Å². The second-order valence-corrected chi connectivity index (χ2v) is 3.36. The highest BCUT2D eigenvalue weighted by molar-refractivity contribution is 6.12. The van der Waals surface area contributed by atoms with Gasteiger partial charge in [0, 0.05) is 6.42 Å². The summed E-state index contributed by atoms with van der Waals surface area (Å²) >= 11 is 0. The number of carbonyl (C=O) groups is 1. The summed E-state index contributed by atoms with van der Waals surface area (Å²) in [5.41, 5.74) is 1.05. The third-order valence-corrected chi connectivity index (χ3v) is 2.50. The number of aryl methyl sites for hydroxylation is 1. The lowest BCUT2D eigenvalue weighted by molar-refractivity contribution is 0.102. The fourth-order valence-electron chi connectivity index (χ4n) is 1.72. The molecule has 0 unspecified atom stereocenters. The zero-order valence-corrected chi connectivity index (χ0v) is 8.75. The Hall–Kier alpha value is -1.71. The molecule has 0 N–H and O–H groups in total. The van der Waals surface area contributed by atoms with E-state index in [1.807, 2.05) is 0 Å². The van der Waals surface area contributed by atoms with E-state index in [1.165, 1.54) is 14.2 Å². The molecular formula is C11H12O4. The highest BCUT2D eigenvalue weighted by atomic mass is 16.6. The van der Waals surface area contributed by atoms with Crippen molar-refractivity contribution in [1.29, 1.82) is 0 Å². The van der Waals surface area contributed by atoms with E-state index >= 15 is 0 Å². The molecule has 80 valence electrons. The highest BCUT2D eigenvalue weighted by Crippen LogP contribution is 2.41. The van der Waals surface area contributed by atoms with Crippen molar-refractivity contribution in [2.75, 3.05) is 14.2 Å². The molecule has 1 aromatic heterocycles. The molecule has 0 aliphatic heterocycles. The molecule has 0 fully saturated rings. The number of hydrogen-bond acceptors (Lipinski definition) is 4. The number of rotatable bonds is 2. The van der Waals surface area contributed by atoms with Gasteiger partial charge in [-0.1, -0.05) is 6.58 Å². The predicted molar refractivity (Wildman–Crippen MR) is 53.6 cm³/mol. The summed E-state index contributed by atoms with van der Waals surface area (Å²) in [6.07, 6.45) is 1.30. The lowest BCUT2D eigenvalue weighted by Crippen LogP contribution is -2.12. The van der Waals surface area contributed by atoms with Crippen molar-refractivity contribution in [2.24, 2.45) is 0 Å². The zero-order chi connectivity index (χ0) is 11.0. The first-order valence-electron chi connectivity index (χ1n) is 4.65. The maximum Gasteiger partial charge on any atom is 0.329 e. The molecule has 1 heterocycles. The van der Waals surface area contributed by atoms with Gasteiger partial charge in [-0.2, -0.15) is 0 Å². The van der Waals surface area contributed by atoms with Crippen LogP contribution in [0.2, 0.25) is 0 Å². The maximum absolute atomic E-state index is 11.8. The SMILES string of the molecule is C=C1CCc2oc(OC)c(OC)c2C1=O. The average Bonchev–Trinajstić information content (AvgIpc) is 2.61. The standard InChI is InChI=1S/C11H12O4/c1-6-4-5-7-8(9(6)12)10(13-2)11(14-3)15-7/h1,4-5H2,2-3H3. The van der Waals surface area contributed by atoms with Crippen molar-refractivity contribution >= 4 is 5.78 Å². The van der Waals surface area contributed by atoms with Crippen LogP contribution in [-0.2, 0) is 6.42 Å². The van der Waals surface area contributed by atoms with Crippen LogP contribution in [-0.4, -0.2) is 20.0 Å². The van der Waals surface area contributed by atoms with Crippen LogP contribution in [0.4, 0.5) is 0 Å². The molecule has 0 saturated heterocycles. The van der Waals surface area contributed by atoms with Gasteiger partial charge >= 0.3 is 5.95 Å². The fraction of sp³-hybridized carbons (Fsp3) is 0.364. The van der Waals surface area contributed by atoms with E-state index in [0.29, 0.717) is 35.5 Å². The van der Waals surface area contributed by atoms with Gasteiger partial charge in [-0.25, -0.2) is 0 Å². The number of ketones is 1. The van der Waals surface area contributed by atoms with Gasteiger partial charge in [0.05, 0.1) is 14.2 Å². The summed E-state index contributed by atoms with van der Waals surface area (Å²) in [6.45, 7) is 3.72. The summed E-state index contributed by atoms with van der Waals surface area (Å²) in [6, 6.07) is 0. The minimum absolute atomic E-state index is 0.111. The molecule has 0 bridgehead atoms. The molecule has 0 atom stereocenters. The van der Waals surface area contributed by atoms with E-state index in [2.05, 4.69) is 6.58 Å². The first-order valence-corrected chi connectivity index (χ1v) is 4.65. The Kier molecular flexibility index (Phi) is 2.26. The van der Waals surface area contributed by atoms with Crippen LogP contribution < -0.4 is 9.47 Å². The summed E-state index contributed by atoms with van der Waals surface area (Å²) in [4.78, 5) is 11.8. The normalized spacial score (nSPS) is 15.1. The fourth-order valence-corrected chi connectivity index (χ4v) is 1.72. The molecule has 0 saturated carbocycles. The number of hydrogen-bond donors (Lipinski definition) is 0. The van der Waals surface area contributed by atoms with E-state index in [9.17, 15) is 4.79 Å². The number of furan rings is 1. The number of fused-ring (bicyclic) bond motifs is 1. The molecule has 4 nitrogen and oxygen atoms in total. The molecule has 0 spiro atoms. The zero-order valence-electron chi connectivity index (χ0n) is 8.75. The molecule has 0 amide bonds. The second kappa shape index (κ2) is 3.46. The number of carbonyl (C=O) groups excluding carboxylic acids is 1. The predicted octanol–water partition coefficient (Wildman–Crippen LogP) is 1.98. The van der Waals surface area contributed by atoms with Crippen molar-refractivity contribution in [3.63, 3.8) is 0 Å². The molecule has 1 aliphatic carbocycles. The minimum atomic E-state index is -0.111. The Morgan fingerprint density at radius 2 is 2.00 bits per heavy atom. The van der Waals surface area contributed by atoms with Crippen LogP contribution in [0, 0.1) is 0 Å². The molecule has 1 aromatic rings. The van der Waals surface area contributed by atoms with Crippen molar-refractivity contribution in [3.05, 3.63) is 23.5 Å². The molecule has 15 heavy (non-hydrogen) atoms. The number of allylic oxidation sites excluding steroid dienone is 1. The number of ether oxygens (including phenoxy) is 2. The Balaban J connectivity index is 2.59. The summed E-state index contributed by atoms with van der Waals surface area (Å²) in [7, 11) is 2.96. The van der Waals surface area contributed by atoms with E-state index in [-0.39, 0.29) is 11.7 Å². The molecule has 2 rings (SSSR count). The van der Waals surface area contributed by atoms with Gasteiger partial charge in [0.2, 0.25) is 5.75 Å². The molecule has 0 radical (unpaired) electrons. The molecular weight excluding hydrogens is 196 g/mol. The minimum Gasteiger partial charge on any atom is -0.489 e. The van der Waals surface area contributed by atoms with Gasteiger partial charge in [0.15, 0.2) is 5.78 Å². The third kappa shape index (κ3) is 1.33.